The molecule has 12 heavy (non-hydrogen) atoms. The molecular weight excluding hydrogens is 150 g/mol. The topological polar surface area (TPSA) is 50.4 Å². The summed E-state index contributed by atoms with van der Waals surface area (Å²) in [6.07, 6.45) is 7.35. The number of hydrazine groups is 1. The highest BCUT2D eigenvalue weighted by Crippen LogP contribution is 1.98. The second kappa shape index (κ2) is 6.37. The third kappa shape index (κ3) is 3.16. The Morgan fingerprint density at radius 3 is 2.58 bits per heavy atom. The quantitative estimate of drug-likeness (QED) is 0.217. The molecule has 0 aromatic carbocycles. The fourth-order valence-corrected chi connectivity index (χ4v) is 0.797. The molecule has 3 nitrogen and oxygen atoms in total. The van der Waals surface area contributed by atoms with Crippen molar-refractivity contribution >= 4 is 5.84 Å². The molecule has 3 N–H and O–H groups in total. The van der Waals surface area contributed by atoms with E-state index in [0.29, 0.717) is 5.84 Å². The summed E-state index contributed by atoms with van der Waals surface area (Å²) in [4.78, 5) is 3.96. The Labute approximate surface area is 73.3 Å². The Hall–Kier alpha value is -1.35. The van der Waals surface area contributed by atoms with Gasteiger partial charge in [-0.2, -0.15) is 0 Å². The summed E-state index contributed by atoms with van der Waals surface area (Å²) in [6, 6.07) is 0. The number of nitrogens with two attached hydrogens (primary N) is 1. The monoisotopic (exact) mass is 165 g/mol. The number of amidine groups is 1. The molecule has 0 aliphatic heterocycles. The Balaban J connectivity index is 4.72. The molecule has 0 rings (SSSR count). The average molecular weight is 165 g/mol. The van der Waals surface area contributed by atoms with Gasteiger partial charge in [-0.25, -0.2) is 5.84 Å². The van der Waals surface area contributed by atoms with E-state index in [1.54, 1.807) is 13.1 Å². The number of hydrogen-bond donors (Lipinski definition) is 2. The van der Waals surface area contributed by atoms with Crippen LogP contribution in [0.4, 0.5) is 0 Å². The van der Waals surface area contributed by atoms with Crippen molar-refractivity contribution in [3.8, 4) is 0 Å². The van der Waals surface area contributed by atoms with Crippen LogP contribution in [0.3, 0.4) is 0 Å². The lowest BCUT2D eigenvalue weighted by molar-refractivity contribution is 1.02. The molecular formula is C9H15N3. The van der Waals surface area contributed by atoms with Crippen molar-refractivity contribution < 1.29 is 0 Å². The van der Waals surface area contributed by atoms with Gasteiger partial charge in [-0.15, -0.1) is 0 Å². The smallest absolute Gasteiger partial charge is 0.142 e. The summed E-state index contributed by atoms with van der Waals surface area (Å²) in [6.45, 7) is 5.53. The molecule has 0 aliphatic rings. The second-order valence-corrected chi connectivity index (χ2v) is 2.07. The summed E-state index contributed by atoms with van der Waals surface area (Å²) in [5.74, 6) is 5.90. The summed E-state index contributed by atoms with van der Waals surface area (Å²) >= 11 is 0. The van der Waals surface area contributed by atoms with Gasteiger partial charge in [0.25, 0.3) is 0 Å². The molecule has 0 fully saturated rings. The predicted molar refractivity (Wildman–Crippen MR) is 53.8 cm³/mol. The largest absolute Gasteiger partial charge is 0.308 e. The second-order valence-electron chi connectivity index (χ2n) is 2.07. The van der Waals surface area contributed by atoms with E-state index < -0.39 is 0 Å². The minimum Gasteiger partial charge on any atom is -0.308 e. The molecule has 0 aromatic rings. The van der Waals surface area contributed by atoms with Crippen molar-refractivity contribution in [1.29, 1.82) is 0 Å². The first-order valence-electron chi connectivity index (χ1n) is 3.69. The SMILES string of the molecule is C=C/C=C(\C=C/C)C(=NC)NN. The Morgan fingerprint density at radius 2 is 2.25 bits per heavy atom. The number of nitrogens with one attached hydrogen (secondary N) is 1. The van der Waals surface area contributed by atoms with E-state index in [4.69, 9.17) is 5.84 Å². The summed E-state index contributed by atoms with van der Waals surface area (Å²) < 4.78 is 0. The highest BCUT2D eigenvalue weighted by Gasteiger charge is 1.97. The first-order valence-corrected chi connectivity index (χ1v) is 3.69. The van der Waals surface area contributed by atoms with Crippen molar-refractivity contribution in [2.45, 2.75) is 6.92 Å². The Morgan fingerprint density at radius 1 is 1.58 bits per heavy atom. The molecule has 0 heterocycles. The van der Waals surface area contributed by atoms with Gasteiger partial charge >= 0.3 is 0 Å². The number of allylic oxidation sites excluding steroid dienone is 3. The molecule has 0 unspecified atom stereocenters. The third-order valence-corrected chi connectivity index (χ3v) is 1.28. The van der Waals surface area contributed by atoms with Gasteiger partial charge in [0.2, 0.25) is 0 Å². The minimum atomic E-state index is 0.646. The van der Waals surface area contributed by atoms with E-state index in [1.807, 2.05) is 25.2 Å². The number of aliphatic imine (C=N–C) groups is 1. The van der Waals surface area contributed by atoms with Crippen LogP contribution < -0.4 is 11.3 Å². The predicted octanol–water partition coefficient (Wildman–Crippen LogP) is 1.17. The molecule has 0 radical (unpaired) electrons. The van der Waals surface area contributed by atoms with E-state index in [2.05, 4.69) is 17.0 Å². The number of rotatable bonds is 3. The first-order chi connectivity index (χ1) is 5.79. The zero-order valence-corrected chi connectivity index (χ0v) is 7.54. The summed E-state index contributed by atoms with van der Waals surface area (Å²) in [5, 5.41) is 0. The third-order valence-electron chi connectivity index (χ3n) is 1.28. The highest BCUT2D eigenvalue weighted by atomic mass is 15.2. The lowest BCUT2D eigenvalue weighted by Crippen LogP contribution is -2.31. The van der Waals surface area contributed by atoms with Crippen LogP contribution in [-0.4, -0.2) is 12.9 Å². The maximum absolute atomic E-state index is 5.25. The molecule has 0 aromatic heterocycles. The van der Waals surface area contributed by atoms with Gasteiger partial charge in [-0.05, 0) is 6.92 Å². The van der Waals surface area contributed by atoms with Crippen LogP contribution in [0.15, 0.2) is 41.4 Å². The van der Waals surface area contributed by atoms with Gasteiger partial charge in [0.05, 0.1) is 0 Å². The van der Waals surface area contributed by atoms with Crippen molar-refractivity contribution in [1.82, 2.24) is 5.43 Å². The molecule has 0 saturated carbocycles. The molecule has 0 spiro atoms. The van der Waals surface area contributed by atoms with Crippen LogP contribution >= 0.6 is 0 Å². The average Bonchev–Trinajstić information content (AvgIpc) is 2.07. The fourth-order valence-electron chi connectivity index (χ4n) is 0.797. The van der Waals surface area contributed by atoms with Gasteiger partial charge in [-0.1, -0.05) is 30.9 Å². The van der Waals surface area contributed by atoms with Gasteiger partial charge in [0, 0.05) is 12.6 Å². The van der Waals surface area contributed by atoms with Crippen LogP contribution in [0.5, 0.6) is 0 Å². The van der Waals surface area contributed by atoms with Crippen LogP contribution in [0, 0.1) is 0 Å². The van der Waals surface area contributed by atoms with Gasteiger partial charge in [0.15, 0.2) is 0 Å². The minimum absolute atomic E-state index is 0.646. The molecule has 0 amide bonds. The van der Waals surface area contributed by atoms with Crippen LogP contribution in [-0.2, 0) is 0 Å². The van der Waals surface area contributed by atoms with Gasteiger partial charge in [-0.3, -0.25) is 4.99 Å². The lowest BCUT2D eigenvalue weighted by Gasteiger charge is -2.03. The van der Waals surface area contributed by atoms with Gasteiger partial charge in [0.1, 0.15) is 5.84 Å². The van der Waals surface area contributed by atoms with Crippen molar-refractivity contribution in [3.05, 3.63) is 36.5 Å². The standard InChI is InChI=1S/C9H15N3/c1-4-6-8(7-5-2)9(11-3)12-10/h4-7H,1,10H2,2-3H3,(H,11,12)/b7-5-,8-6+. The van der Waals surface area contributed by atoms with E-state index in [9.17, 15) is 0 Å². The van der Waals surface area contributed by atoms with E-state index >= 15 is 0 Å². The molecule has 66 valence electrons. The number of hydrogen-bond acceptors (Lipinski definition) is 2. The maximum Gasteiger partial charge on any atom is 0.142 e. The Kier molecular flexibility index (Phi) is 5.65. The van der Waals surface area contributed by atoms with Crippen LogP contribution in [0.1, 0.15) is 6.92 Å². The number of nitrogens with zero attached hydrogens (tertiary/aromatic N) is 1. The van der Waals surface area contributed by atoms with Crippen LogP contribution in [0.2, 0.25) is 0 Å². The maximum atomic E-state index is 5.25. The lowest BCUT2D eigenvalue weighted by atomic mass is 10.2. The zero-order chi connectivity index (χ0) is 9.40. The normalized spacial score (nSPS) is 13.6. The molecule has 0 saturated heterocycles. The molecule has 0 atom stereocenters. The summed E-state index contributed by atoms with van der Waals surface area (Å²) in [5.41, 5.74) is 3.42. The first kappa shape index (κ1) is 10.7. The molecule has 3 heteroatoms. The molecule has 0 bridgehead atoms. The van der Waals surface area contributed by atoms with Crippen molar-refractivity contribution in [2.24, 2.45) is 10.8 Å². The van der Waals surface area contributed by atoms with Crippen molar-refractivity contribution in [2.75, 3.05) is 7.05 Å². The van der Waals surface area contributed by atoms with E-state index in [1.165, 1.54) is 0 Å². The highest BCUT2D eigenvalue weighted by molar-refractivity contribution is 6.00. The summed E-state index contributed by atoms with van der Waals surface area (Å²) in [7, 11) is 1.68. The molecule has 0 aliphatic carbocycles. The van der Waals surface area contributed by atoms with E-state index in [-0.39, 0.29) is 0 Å². The van der Waals surface area contributed by atoms with Gasteiger partial charge < -0.3 is 5.43 Å². The Bertz CT molecular complexity index is 224. The zero-order valence-electron chi connectivity index (χ0n) is 7.54. The van der Waals surface area contributed by atoms with Crippen molar-refractivity contribution in [3.63, 3.8) is 0 Å². The van der Waals surface area contributed by atoms with E-state index in [0.717, 1.165) is 5.57 Å². The fraction of sp³-hybridized carbons (Fsp3) is 0.222. The van der Waals surface area contributed by atoms with Crippen LogP contribution in [0.25, 0.3) is 0 Å².